The summed E-state index contributed by atoms with van der Waals surface area (Å²) >= 11 is 0. The van der Waals surface area contributed by atoms with Gasteiger partial charge in [-0.1, -0.05) is 12.1 Å². The van der Waals surface area contributed by atoms with Crippen LogP contribution in [0.5, 0.6) is 5.75 Å². The smallest absolute Gasteiger partial charge is 0.320 e. The minimum Gasteiger partial charge on any atom is -0.494 e. The average Bonchev–Trinajstić information content (AvgIpc) is 2.43. The fourth-order valence-electron chi connectivity index (χ4n) is 1.54. The fraction of sp³-hybridized carbons (Fsp3) is 0.462. The lowest BCUT2D eigenvalue weighted by atomic mass is 10.2. The van der Waals surface area contributed by atoms with Gasteiger partial charge in [-0.2, -0.15) is 0 Å². The minimum absolute atomic E-state index is 0.112. The van der Waals surface area contributed by atoms with Crippen LogP contribution in [-0.4, -0.2) is 39.6 Å². The first kappa shape index (κ1) is 16.5. The van der Waals surface area contributed by atoms with E-state index >= 15 is 0 Å². The van der Waals surface area contributed by atoms with Gasteiger partial charge in [-0.05, 0) is 24.1 Å². The van der Waals surface area contributed by atoms with Crippen LogP contribution < -0.4 is 10.5 Å². The number of nitrogens with two attached hydrogens (primary N) is 1. The summed E-state index contributed by atoms with van der Waals surface area (Å²) in [5.41, 5.74) is 6.46. The van der Waals surface area contributed by atoms with Crippen molar-refractivity contribution in [2.75, 3.05) is 25.2 Å². The Kier molecular flexibility index (Phi) is 6.47. The summed E-state index contributed by atoms with van der Waals surface area (Å²) in [4.78, 5) is 10.9. The SMILES string of the molecule is COC(=O)CS(=O)(=O)CCCOc1cccc(CN)c1. The van der Waals surface area contributed by atoms with Crippen molar-refractivity contribution in [2.45, 2.75) is 13.0 Å². The topological polar surface area (TPSA) is 95.7 Å². The summed E-state index contributed by atoms with van der Waals surface area (Å²) in [6, 6.07) is 7.30. The van der Waals surface area contributed by atoms with Gasteiger partial charge in [-0.25, -0.2) is 8.42 Å². The Morgan fingerprint density at radius 3 is 2.75 bits per heavy atom. The van der Waals surface area contributed by atoms with Crippen LogP contribution in [0.2, 0.25) is 0 Å². The van der Waals surface area contributed by atoms with Gasteiger partial charge >= 0.3 is 5.97 Å². The molecule has 0 unspecified atom stereocenters. The third-order valence-corrected chi connectivity index (χ3v) is 4.15. The molecular weight excluding hydrogens is 282 g/mol. The highest BCUT2D eigenvalue weighted by atomic mass is 32.2. The van der Waals surface area contributed by atoms with E-state index in [1.54, 1.807) is 6.07 Å². The van der Waals surface area contributed by atoms with Crippen LogP contribution in [0, 0.1) is 0 Å². The largest absolute Gasteiger partial charge is 0.494 e. The molecule has 0 heterocycles. The van der Waals surface area contributed by atoms with Crippen LogP contribution in [0.3, 0.4) is 0 Å². The molecule has 0 radical (unpaired) electrons. The van der Waals surface area contributed by atoms with E-state index in [4.69, 9.17) is 10.5 Å². The molecule has 0 fully saturated rings. The number of ether oxygens (including phenoxy) is 2. The van der Waals surface area contributed by atoms with E-state index in [9.17, 15) is 13.2 Å². The Morgan fingerprint density at radius 2 is 2.10 bits per heavy atom. The fourth-order valence-corrected chi connectivity index (χ4v) is 2.72. The maximum Gasteiger partial charge on any atom is 0.320 e. The Hall–Kier alpha value is -1.60. The summed E-state index contributed by atoms with van der Waals surface area (Å²) in [6.07, 6.45) is 0.312. The predicted molar refractivity (Wildman–Crippen MR) is 75.1 cm³/mol. The minimum atomic E-state index is -3.43. The Morgan fingerprint density at radius 1 is 1.35 bits per heavy atom. The Labute approximate surface area is 118 Å². The molecule has 20 heavy (non-hydrogen) atoms. The molecule has 0 spiro atoms. The number of benzene rings is 1. The van der Waals surface area contributed by atoms with E-state index in [2.05, 4.69) is 4.74 Å². The lowest BCUT2D eigenvalue weighted by Gasteiger charge is -2.07. The second kappa shape index (κ2) is 7.86. The maximum atomic E-state index is 11.5. The zero-order chi connectivity index (χ0) is 15.0. The van der Waals surface area contributed by atoms with Crippen molar-refractivity contribution in [3.05, 3.63) is 29.8 Å². The van der Waals surface area contributed by atoms with Gasteiger partial charge in [0.05, 0.1) is 19.5 Å². The predicted octanol–water partition coefficient (Wildman–Crippen LogP) is 0.502. The molecule has 0 aliphatic heterocycles. The highest BCUT2D eigenvalue weighted by Crippen LogP contribution is 2.13. The molecule has 0 aliphatic carbocycles. The summed E-state index contributed by atoms with van der Waals surface area (Å²) in [5.74, 6) is -0.801. The maximum absolute atomic E-state index is 11.5. The van der Waals surface area contributed by atoms with Crippen molar-refractivity contribution in [1.82, 2.24) is 0 Å². The quantitative estimate of drug-likeness (QED) is 0.555. The molecule has 6 nitrogen and oxygen atoms in total. The number of rotatable bonds is 8. The molecule has 1 rings (SSSR count). The zero-order valence-electron chi connectivity index (χ0n) is 11.4. The van der Waals surface area contributed by atoms with Crippen LogP contribution in [0.1, 0.15) is 12.0 Å². The lowest BCUT2D eigenvalue weighted by molar-refractivity contribution is -0.137. The number of carbonyl (C=O) groups excluding carboxylic acids is 1. The van der Waals surface area contributed by atoms with Gasteiger partial charge in [0.2, 0.25) is 0 Å². The first-order chi connectivity index (χ1) is 9.46. The van der Waals surface area contributed by atoms with E-state index in [1.807, 2.05) is 18.2 Å². The Balaban J connectivity index is 2.36. The third-order valence-electron chi connectivity index (χ3n) is 2.57. The van der Waals surface area contributed by atoms with Gasteiger partial charge in [-0.15, -0.1) is 0 Å². The van der Waals surface area contributed by atoms with Crippen LogP contribution in [-0.2, 0) is 25.9 Å². The van der Waals surface area contributed by atoms with E-state index in [0.29, 0.717) is 18.7 Å². The number of hydrogen-bond donors (Lipinski definition) is 1. The molecule has 1 aromatic rings. The summed E-state index contributed by atoms with van der Waals surface area (Å²) < 4.78 is 32.8. The van der Waals surface area contributed by atoms with Gasteiger partial charge in [0.1, 0.15) is 11.5 Å². The molecule has 0 aromatic heterocycles. The molecule has 112 valence electrons. The molecule has 7 heteroatoms. The first-order valence-electron chi connectivity index (χ1n) is 6.16. The molecule has 0 saturated heterocycles. The average molecular weight is 301 g/mol. The standard InChI is InChI=1S/C13H19NO5S/c1-18-13(15)10-20(16,17)7-3-6-19-12-5-2-4-11(8-12)9-14/h2,4-5,8H,3,6-7,9-10,14H2,1H3. The molecule has 0 amide bonds. The molecule has 1 aromatic carbocycles. The zero-order valence-corrected chi connectivity index (χ0v) is 12.2. The molecule has 0 bridgehead atoms. The normalized spacial score (nSPS) is 11.1. The molecule has 0 saturated carbocycles. The second-order valence-corrected chi connectivity index (χ2v) is 6.41. The van der Waals surface area contributed by atoms with E-state index < -0.39 is 21.6 Å². The van der Waals surface area contributed by atoms with Crippen molar-refractivity contribution >= 4 is 15.8 Å². The number of hydrogen-bond acceptors (Lipinski definition) is 6. The third kappa shape index (κ3) is 6.03. The van der Waals surface area contributed by atoms with Gasteiger partial charge in [-0.3, -0.25) is 4.79 Å². The van der Waals surface area contributed by atoms with E-state index in [-0.39, 0.29) is 12.4 Å². The van der Waals surface area contributed by atoms with E-state index in [1.165, 1.54) is 0 Å². The van der Waals surface area contributed by atoms with Crippen molar-refractivity contribution in [1.29, 1.82) is 0 Å². The van der Waals surface area contributed by atoms with Crippen molar-refractivity contribution in [3.8, 4) is 5.75 Å². The van der Waals surface area contributed by atoms with Crippen LogP contribution >= 0.6 is 0 Å². The van der Waals surface area contributed by atoms with Crippen molar-refractivity contribution < 1.29 is 22.7 Å². The van der Waals surface area contributed by atoms with Gasteiger partial charge in [0.15, 0.2) is 9.84 Å². The first-order valence-corrected chi connectivity index (χ1v) is 7.98. The highest BCUT2D eigenvalue weighted by Gasteiger charge is 2.16. The van der Waals surface area contributed by atoms with Crippen molar-refractivity contribution in [2.24, 2.45) is 5.73 Å². The number of methoxy groups -OCH3 is 1. The van der Waals surface area contributed by atoms with Gasteiger partial charge in [0, 0.05) is 6.54 Å². The number of sulfone groups is 1. The number of carbonyl (C=O) groups is 1. The lowest BCUT2D eigenvalue weighted by Crippen LogP contribution is -2.21. The molecular formula is C13H19NO5S. The monoisotopic (exact) mass is 301 g/mol. The van der Waals surface area contributed by atoms with Crippen LogP contribution in [0.4, 0.5) is 0 Å². The highest BCUT2D eigenvalue weighted by molar-refractivity contribution is 7.92. The Bertz CT molecular complexity index is 541. The summed E-state index contributed by atoms with van der Waals surface area (Å²) in [6.45, 7) is 0.680. The van der Waals surface area contributed by atoms with Crippen LogP contribution in [0.15, 0.2) is 24.3 Å². The van der Waals surface area contributed by atoms with Crippen molar-refractivity contribution in [3.63, 3.8) is 0 Å². The number of esters is 1. The summed E-state index contributed by atoms with van der Waals surface area (Å²) in [5, 5.41) is 0. The van der Waals surface area contributed by atoms with Gasteiger partial charge < -0.3 is 15.2 Å². The second-order valence-electron chi connectivity index (χ2n) is 4.22. The molecule has 0 aliphatic rings. The molecule has 0 atom stereocenters. The van der Waals surface area contributed by atoms with E-state index in [0.717, 1.165) is 12.7 Å². The van der Waals surface area contributed by atoms with Gasteiger partial charge in [0.25, 0.3) is 0 Å². The van der Waals surface area contributed by atoms with Crippen LogP contribution in [0.25, 0.3) is 0 Å². The molecule has 2 N–H and O–H groups in total. The summed E-state index contributed by atoms with van der Waals surface area (Å²) in [7, 11) is -2.28.